The second-order valence-corrected chi connectivity index (χ2v) is 8.23. The van der Waals surface area contributed by atoms with Crippen LogP contribution in [-0.2, 0) is 28.2 Å². The number of esters is 1. The minimum absolute atomic E-state index is 0.0276. The summed E-state index contributed by atoms with van der Waals surface area (Å²) in [7, 11) is 1.62. The second-order valence-electron chi connectivity index (χ2n) is 8.23. The highest BCUT2D eigenvalue weighted by atomic mass is 19.4. The summed E-state index contributed by atoms with van der Waals surface area (Å²) in [5.74, 6) is -3.53. The Morgan fingerprint density at radius 1 is 1.14 bits per heavy atom. The third kappa shape index (κ3) is 4.62. The topological polar surface area (TPSA) is 73.2 Å². The van der Waals surface area contributed by atoms with Crippen molar-refractivity contribution in [1.82, 2.24) is 9.78 Å². The fraction of sp³-hybridized carbons (Fsp3) is 0.292. The number of alkyl halides is 3. The van der Waals surface area contributed by atoms with Gasteiger partial charge >= 0.3 is 12.1 Å². The van der Waals surface area contributed by atoms with Crippen LogP contribution in [0, 0.1) is 11.6 Å². The molecule has 2 aromatic carbocycles. The SMILES string of the molecule is CCOC(=O)c1cc(NC(=O)C2(c3ccc(C(F)(F)F)cc3F)CC2)cc(F)c1-c1cnn(C)c1. The summed E-state index contributed by atoms with van der Waals surface area (Å²) >= 11 is 0. The lowest BCUT2D eigenvalue weighted by molar-refractivity contribution is -0.137. The number of carbonyl (C=O) groups excluding carboxylic acids is 2. The molecule has 0 saturated heterocycles. The van der Waals surface area contributed by atoms with E-state index in [1.54, 1.807) is 14.0 Å². The van der Waals surface area contributed by atoms with Crippen molar-refractivity contribution in [2.75, 3.05) is 11.9 Å². The van der Waals surface area contributed by atoms with Crippen molar-refractivity contribution < 1.29 is 36.3 Å². The van der Waals surface area contributed by atoms with Gasteiger partial charge in [-0.3, -0.25) is 9.48 Å². The largest absolute Gasteiger partial charge is 0.462 e. The van der Waals surface area contributed by atoms with Gasteiger partial charge in [-0.05, 0) is 44.0 Å². The van der Waals surface area contributed by atoms with Crippen LogP contribution in [0.1, 0.15) is 41.3 Å². The number of aromatic nitrogens is 2. The first-order valence-corrected chi connectivity index (χ1v) is 10.6. The Hall–Kier alpha value is -3.76. The van der Waals surface area contributed by atoms with Gasteiger partial charge in [-0.25, -0.2) is 13.6 Å². The summed E-state index contributed by atoms with van der Waals surface area (Å²) in [5, 5.41) is 6.46. The molecular formula is C24H20F5N3O3. The van der Waals surface area contributed by atoms with Crippen molar-refractivity contribution in [2.24, 2.45) is 7.05 Å². The molecule has 184 valence electrons. The third-order valence-corrected chi connectivity index (χ3v) is 5.83. The molecule has 1 aliphatic carbocycles. The minimum atomic E-state index is -4.73. The van der Waals surface area contributed by atoms with Gasteiger partial charge < -0.3 is 10.1 Å². The van der Waals surface area contributed by atoms with Crippen LogP contribution < -0.4 is 5.32 Å². The Balaban J connectivity index is 1.67. The summed E-state index contributed by atoms with van der Waals surface area (Å²) in [4.78, 5) is 25.6. The van der Waals surface area contributed by atoms with Crippen LogP contribution in [0.4, 0.5) is 27.6 Å². The fourth-order valence-corrected chi connectivity index (χ4v) is 3.97. The van der Waals surface area contributed by atoms with Gasteiger partial charge in [-0.15, -0.1) is 0 Å². The van der Waals surface area contributed by atoms with Gasteiger partial charge in [0.1, 0.15) is 11.6 Å². The summed E-state index contributed by atoms with van der Waals surface area (Å²) in [6.07, 6.45) is -1.46. The number of anilines is 1. The number of nitrogens with one attached hydrogen (secondary N) is 1. The summed E-state index contributed by atoms with van der Waals surface area (Å²) in [6, 6.07) is 4.25. The number of carbonyl (C=O) groups is 2. The number of hydrogen-bond donors (Lipinski definition) is 1. The maximum atomic E-state index is 15.1. The van der Waals surface area contributed by atoms with Gasteiger partial charge in [0.05, 0.1) is 29.3 Å². The Morgan fingerprint density at radius 3 is 2.40 bits per heavy atom. The van der Waals surface area contributed by atoms with E-state index in [1.807, 2.05) is 0 Å². The number of benzene rings is 2. The zero-order chi connectivity index (χ0) is 25.5. The molecule has 1 fully saturated rings. The van der Waals surface area contributed by atoms with E-state index < -0.39 is 40.7 Å². The number of aryl methyl sites for hydroxylation is 1. The fourth-order valence-electron chi connectivity index (χ4n) is 3.97. The molecule has 0 unspecified atom stereocenters. The molecule has 0 spiro atoms. The van der Waals surface area contributed by atoms with Gasteiger partial charge in [-0.2, -0.15) is 18.3 Å². The van der Waals surface area contributed by atoms with Gasteiger partial charge in [-0.1, -0.05) is 6.07 Å². The summed E-state index contributed by atoms with van der Waals surface area (Å²) in [6.45, 7) is 1.61. The molecule has 1 amide bonds. The molecule has 0 radical (unpaired) electrons. The van der Waals surface area contributed by atoms with Gasteiger partial charge in [0.15, 0.2) is 0 Å². The highest BCUT2D eigenvalue weighted by molar-refractivity contribution is 6.04. The van der Waals surface area contributed by atoms with Crippen molar-refractivity contribution in [3.05, 3.63) is 71.1 Å². The monoisotopic (exact) mass is 493 g/mol. The Morgan fingerprint density at radius 2 is 1.86 bits per heavy atom. The summed E-state index contributed by atoms with van der Waals surface area (Å²) < 4.78 is 74.8. The van der Waals surface area contributed by atoms with Crippen molar-refractivity contribution >= 4 is 17.6 Å². The summed E-state index contributed by atoms with van der Waals surface area (Å²) in [5.41, 5.74) is -2.72. The van der Waals surface area contributed by atoms with Crippen LogP contribution in [0.25, 0.3) is 11.1 Å². The third-order valence-electron chi connectivity index (χ3n) is 5.83. The second kappa shape index (κ2) is 8.79. The van der Waals surface area contributed by atoms with Gasteiger partial charge in [0, 0.05) is 35.6 Å². The lowest BCUT2D eigenvalue weighted by atomic mass is 9.93. The predicted molar refractivity (Wildman–Crippen MR) is 116 cm³/mol. The molecule has 6 nitrogen and oxygen atoms in total. The standard InChI is InChI=1S/C24H20F5N3O3/c1-3-35-21(33)16-9-15(10-19(26)20(16)13-11-30-32(2)12-13)31-22(34)23(6-7-23)17-5-4-14(8-18(17)25)24(27,28)29/h4-5,8-12H,3,6-7H2,1-2H3,(H,31,34). The normalized spacial score (nSPS) is 14.5. The van der Waals surface area contributed by atoms with Crippen LogP contribution in [-0.4, -0.2) is 28.3 Å². The molecule has 11 heteroatoms. The van der Waals surface area contributed by atoms with Crippen LogP contribution in [0.2, 0.25) is 0 Å². The molecule has 1 N–H and O–H groups in total. The predicted octanol–water partition coefficient (Wildman–Crippen LogP) is 5.23. The van der Waals surface area contributed by atoms with Crippen molar-refractivity contribution in [3.63, 3.8) is 0 Å². The Bertz CT molecular complexity index is 1310. The quantitative estimate of drug-likeness (QED) is 0.377. The van der Waals surface area contributed by atoms with Crippen LogP contribution in [0.15, 0.2) is 42.7 Å². The maximum absolute atomic E-state index is 15.1. The first-order chi connectivity index (χ1) is 16.5. The number of amides is 1. The zero-order valence-electron chi connectivity index (χ0n) is 18.7. The van der Waals surface area contributed by atoms with E-state index in [1.165, 1.54) is 23.1 Å². The molecular weight excluding hydrogens is 473 g/mol. The average molecular weight is 493 g/mol. The molecule has 1 saturated carbocycles. The molecule has 0 bridgehead atoms. The number of nitrogens with zero attached hydrogens (tertiary/aromatic N) is 2. The van der Waals surface area contributed by atoms with Crippen molar-refractivity contribution in [3.8, 4) is 11.1 Å². The smallest absolute Gasteiger partial charge is 0.416 e. The number of hydrogen-bond acceptors (Lipinski definition) is 4. The lowest BCUT2D eigenvalue weighted by Crippen LogP contribution is -2.29. The molecule has 3 aromatic rings. The van der Waals surface area contributed by atoms with Crippen LogP contribution >= 0.6 is 0 Å². The lowest BCUT2D eigenvalue weighted by Gasteiger charge is -2.19. The van der Waals surface area contributed by atoms with E-state index in [-0.39, 0.29) is 41.8 Å². The number of halogens is 5. The first kappa shape index (κ1) is 24.4. The van der Waals surface area contributed by atoms with Gasteiger partial charge in [0.25, 0.3) is 0 Å². The van der Waals surface area contributed by atoms with Gasteiger partial charge in [0.2, 0.25) is 5.91 Å². The zero-order valence-corrected chi connectivity index (χ0v) is 18.7. The number of ether oxygens (including phenoxy) is 1. The number of rotatable bonds is 6. The molecule has 0 aliphatic heterocycles. The highest BCUT2D eigenvalue weighted by Gasteiger charge is 2.53. The van der Waals surface area contributed by atoms with E-state index in [0.717, 1.165) is 12.1 Å². The maximum Gasteiger partial charge on any atom is 0.416 e. The minimum Gasteiger partial charge on any atom is -0.462 e. The first-order valence-electron chi connectivity index (χ1n) is 10.6. The molecule has 4 rings (SSSR count). The van der Waals surface area contributed by atoms with E-state index in [4.69, 9.17) is 4.74 Å². The van der Waals surface area contributed by atoms with E-state index in [2.05, 4.69) is 10.4 Å². The molecule has 1 aliphatic rings. The Labute approximate surface area is 196 Å². The van der Waals surface area contributed by atoms with E-state index in [9.17, 15) is 27.2 Å². The average Bonchev–Trinajstić information content (AvgIpc) is 3.47. The van der Waals surface area contributed by atoms with Crippen molar-refractivity contribution in [2.45, 2.75) is 31.4 Å². The van der Waals surface area contributed by atoms with Crippen molar-refractivity contribution in [1.29, 1.82) is 0 Å². The van der Waals surface area contributed by atoms with E-state index in [0.29, 0.717) is 17.7 Å². The molecule has 35 heavy (non-hydrogen) atoms. The van der Waals surface area contributed by atoms with E-state index >= 15 is 4.39 Å². The van der Waals surface area contributed by atoms with Crippen LogP contribution in [0.3, 0.4) is 0 Å². The molecule has 0 atom stereocenters. The highest BCUT2D eigenvalue weighted by Crippen LogP contribution is 2.50. The van der Waals surface area contributed by atoms with Crippen LogP contribution in [0.5, 0.6) is 0 Å². The Kier molecular flexibility index (Phi) is 6.12. The molecule has 1 heterocycles. The molecule has 1 aromatic heterocycles.